The zero-order chi connectivity index (χ0) is 15.5. The van der Waals surface area contributed by atoms with Crippen LogP contribution in [0.3, 0.4) is 0 Å². The number of carboxylic acids is 1. The van der Waals surface area contributed by atoms with E-state index < -0.39 is 29.5 Å². The van der Waals surface area contributed by atoms with Crippen molar-refractivity contribution in [1.82, 2.24) is 0 Å². The Labute approximate surface area is 122 Å². The number of ether oxygens (including phenoxy) is 1. The molecule has 0 saturated heterocycles. The molecule has 0 fully saturated rings. The minimum Gasteiger partial charge on any atom is -0.480 e. The van der Waals surface area contributed by atoms with Gasteiger partial charge in [-0.3, -0.25) is 9.59 Å². The third kappa shape index (κ3) is 4.21. The first-order valence-electron chi connectivity index (χ1n) is 6.09. The molecule has 0 aromatic heterocycles. The molecule has 0 radical (unpaired) electrons. The van der Waals surface area contributed by atoms with Crippen LogP contribution in [0.25, 0.3) is 0 Å². The zero-order valence-corrected chi connectivity index (χ0v) is 12.3. The number of rotatable bonds is 4. The maximum atomic E-state index is 12.2. The van der Waals surface area contributed by atoms with E-state index in [4.69, 9.17) is 27.2 Å². The first-order chi connectivity index (χ1) is 9.13. The van der Waals surface area contributed by atoms with Crippen LogP contribution < -0.4 is 5.73 Å². The van der Waals surface area contributed by atoms with E-state index in [-0.39, 0.29) is 5.02 Å². The molecule has 0 unspecified atom stereocenters. The predicted molar refractivity (Wildman–Crippen MR) is 75.6 cm³/mol. The van der Waals surface area contributed by atoms with Crippen molar-refractivity contribution < 1.29 is 19.4 Å². The van der Waals surface area contributed by atoms with Crippen LogP contribution >= 0.6 is 11.6 Å². The van der Waals surface area contributed by atoms with Crippen molar-refractivity contribution in [1.29, 1.82) is 0 Å². The Bertz CT molecular complexity index is 510. The second kappa shape index (κ2) is 6.24. The fraction of sp³-hybridized carbons (Fsp3) is 0.429. The standard InChI is InChI=1S/C14H18ClNO4/c1-14(2,3)20-13(19)10(11(16)12(17)18)8-6-4-5-7-9(8)15/h4-7,10-11H,16H2,1-3H3,(H,17,18)/t10-,11+/m0/s1. The van der Waals surface area contributed by atoms with Crippen LogP contribution in [0.4, 0.5) is 0 Å². The van der Waals surface area contributed by atoms with Crippen molar-refractivity contribution in [3.8, 4) is 0 Å². The van der Waals surface area contributed by atoms with Crippen molar-refractivity contribution in [2.75, 3.05) is 0 Å². The smallest absolute Gasteiger partial charge is 0.321 e. The highest BCUT2D eigenvalue weighted by Crippen LogP contribution is 2.29. The Morgan fingerprint density at radius 2 is 1.85 bits per heavy atom. The van der Waals surface area contributed by atoms with E-state index >= 15 is 0 Å². The Hall–Kier alpha value is -1.59. The molecule has 1 rings (SSSR count). The van der Waals surface area contributed by atoms with Gasteiger partial charge in [0.15, 0.2) is 0 Å². The molecule has 0 aliphatic heterocycles. The normalized spacial score (nSPS) is 14.4. The summed E-state index contributed by atoms with van der Waals surface area (Å²) in [6.07, 6.45) is 0. The summed E-state index contributed by atoms with van der Waals surface area (Å²) < 4.78 is 5.24. The summed E-state index contributed by atoms with van der Waals surface area (Å²) in [5, 5.41) is 9.35. The summed E-state index contributed by atoms with van der Waals surface area (Å²) in [5.74, 6) is -3.15. The van der Waals surface area contributed by atoms with Gasteiger partial charge in [-0.1, -0.05) is 29.8 Å². The van der Waals surface area contributed by atoms with E-state index in [1.54, 1.807) is 45.0 Å². The Kier molecular flexibility index (Phi) is 5.14. The van der Waals surface area contributed by atoms with Crippen LogP contribution in [0, 0.1) is 0 Å². The SMILES string of the molecule is CC(C)(C)OC(=O)[C@@H](c1ccccc1Cl)[C@@H](N)C(=O)O. The number of benzene rings is 1. The van der Waals surface area contributed by atoms with Crippen LogP contribution in [0.15, 0.2) is 24.3 Å². The topological polar surface area (TPSA) is 89.6 Å². The minimum absolute atomic E-state index is 0.278. The molecule has 0 heterocycles. The number of halogens is 1. The number of aliphatic carboxylic acids is 1. The largest absolute Gasteiger partial charge is 0.480 e. The summed E-state index contributed by atoms with van der Waals surface area (Å²) >= 11 is 6.03. The molecule has 0 aliphatic carbocycles. The number of carbonyl (C=O) groups excluding carboxylic acids is 1. The van der Waals surface area contributed by atoms with E-state index in [2.05, 4.69) is 0 Å². The average molecular weight is 300 g/mol. The molecule has 6 heteroatoms. The van der Waals surface area contributed by atoms with Crippen LogP contribution in [0.5, 0.6) is 0 Å². The van der Waals surface area contributed by atoms with Gasteiger partial charge in [-0.05, 0) is 32.4 Å². The molecule has 0 bridgehead atoms. The molecule has 0 amide bonds. The molecule has 0 saturated carbocycles. The van der Waals surface area contributed by atoms with Gasteiger partial charge < -0.3 is 15.6 Å². The molecule has 3 N–H and O–H groups in total. The summed E-state index contributed by atoms with van der Waals surface area (Å²) in [6, 6.07) is 5.06. The van der Waals surface area contributed by atoms with Gasteiger partial charge in [-0.25, -0.2) is 0 Å². The van der Waals surface area contributed by atoms with Crippen molar-refractivity contribution in [2.24, 2.45) is 5.73 Å². The highest BCUT2D eigenvalue weighted by Gasteiger charge is 2.36. The first kappa shape index (κ1) is 16.5. The quantitative estimate of drug-likeness (QED) is 0.832. The number of hydrogen-bond acceptors (Lipinski definition) is 4. The van der Waals surface area contributed by atoms with Crippen LogP contribution in [-0.2, 0) is 14.3 Å². The summed E-state index contributed by atoms with van der Waals surface area (Å²) in [5.41, 5.74) is 5.23. The van der Waals surface area contributed by atoms with Gasteiger partial charge in [0.1, 0.15) is 17.6 Å². The molecule has 0 spiro atoms. The highest BCUT2D eigenvalue weighted by molar-refractivity contribution is 6.31. The van der Waals surface area contributed by atoms with Crippen LogP contribution in [-0.4, -0.2) is 28.7 Å². The van der Waals surface area contributed by atoms with E-state index in [1.807, 2.05) is 0 Å². The van der Waals surface area contributed by atoms with Gasteiger partial charge in [-0.2, -0.15) is 0 Å². The van der Waals surface area contributed by atoms with Crippen molar-refractivity contribution in [3.05, 3.63) is 34.9 Å². The fourth-order valence-corrected chi connectivity index (χ4v) is 1.96. The zero-order valence-electron chi connectivity index (χ0n) is 11.6. The first-order valence-corrected chi connectivity index (χ1v) is 6.47. The number of nitrogens with two attached hydrogens (primary N) is 1. The maximum Gasteiger partial charge on any atom is 0.321 e. The van der Waals surface area contributed by atoms with E-state index in [0.717, 1.165) is 0 Å². The number of carboxylic acid groups (broad SMARTS) is 1. The third-order valence-electron chi connectivity index (χ3n) is 2.55. The van der Waals surface area contributed by atoms with Gasteiger partial charge in [0.25, 0.3) is 0 Å². The van der Waals surface area contributed by atoms with E-state index in [0.29, 0.717) is 5.56 Å². The molecule has 2 atom stereocenters. The lowest BCUT2D eigenvalue weighted by Gasteiger charge is -2.26. The molecule has 110 valence electrons. The summed E-state index contributed by atoms with van der Waals surface area (Å²) in [7, 11) is 0. The highest BCUT2D eigenvalue weighted by atomic mass is 35.5. The monoisotopic (exact) mass is 299 g/mol. The summed E-state index contributed by atoms with van der Waals surface area (Å²) in [6.45, 7) is 5.09. The minimum atomic E-state index is -1.43. The maximum absolute atomic E-state index is 12.2. The number of hydrogen-bond donors (Lipinski definition) is 2. The molecular weight excluding hydrogens is 282 g/mol. The average Bonchev–Trinajstić information content (AvgIpc) is 2.29. The number of carbonyl (C=O) groups is 2. The van der Waals surface area contributed by atoms with Crippen molar-refractivity contribution in [3.63, 3.8) is 0 Å². The lowest BCUT2D eigenvalue weighted by atomic mass is 9.91. The Balaban J connectivity index is 3.20. The van der Waals surface area contributed by atoms with Gasteiger partial charge in [0.05, 0.1) is 0 Å². The fourth-order valence-electron chi connectivity index (χ4n) is 1.70. The molecular formula is C14H18ClNO4. The van der Waals surface area contributed by atoms with Crippen molar-refractivity contribution >= 4 is 23.5 Å². The van der Waals surface area contributed by atoms with Crippen molar-refractivity contribution in [2.45, 2.75) is 38.3 Å². The number of esters is 1. The summed E-state index contributed by atoms with van der Waals surface area (Å²) in [4.78, 5) is 23.4. The molecule has 1 aromatic rings. The van der Waals surface area contributed by atoms with Crippen LogP contribution in [0.2, 0.25) is 5.02 Å². The van der Waals surface area contributed by atoms with Gasteiger partial charge in [-0.15, -0.1) is 0 Å². The second-order valence-corrected chi connectivity index (χ2v) is 5.80. The van der Waals surface area contributed by atoms with Gasteiger partial charge in [0.2, 0.25) is 0 Å². The lowest BCUT2D eigenvalue weighted by molar-refractivity contribution is -0.160. The lowest BCUT2D eigenvalue weighted by Crippen LogP contribution is -2.43. The molecule has 5 nitrogen and oxygen atoms in total. The second-order valence-electron chi connectivity index (χ2n) is 5.40. The molecule has 1 aromatic carbocycles. The van der Waals surface area contributed by atoms with E-state index in [9.17, 15) is 9.59 Å². The third-order valence-corrected chi connectivity index (χ3v) is 2.89. The van der Waals surface area contributed by atoms with Gasteiger partial charge >= 0.3 is 11.9 Å². The Morgan fingerprint density at radius 1 is 1.30 bits per heavy atom. The Morgan fingerprint density at radius 3 is 2.30 bits per heavy atom. The van der Waals surface area contributed by atoms with E-state index in [1.165, 1.54) is 0 Å². The van der Waals surface area contributed by atoms with Gasteiger partial charge in [0, 0.05) is 5.02 Å². The molecule has 0 aliphatic rings. The predicted octanol–water partition coefficient (Wildman–Crippen LogP) is 2.18. The van der Waals surface area contributed by atoms with Crippen LogP contribution in [0.1, 0.15) is 32.3 Å². The molecule has 20 heavy (non-hydrogen) atoms.